The van der Waals surface area contributed by atoms with Gasteiger partial charge in [-0.25, -0.2) is 4.39 Å². The molecule has 0 fully saturated rings. The zero-order valence-corrected chi connectivity index (χ0v) is 21.4. The molecule has 1 aliphatic heterocycles. The molecular weight excluding hydrogens is 511 g/mol. The summed E-state index contributed by atoms with van der Waals surface area (Å²) in [5.41, 5.74) is 3.17. The standard InChI is InChI=1S/C26H29Cl2F2N3O3/c1-15(26(34)35)14-33-11-7-17-18-13-16(30)3-5-20(18)32-24(17)25(33)22-19(27)4-6-21(23(22)28)36-12-10-31-9-2-8-29/h3-6,13,15,25,31-32H,2,7-12,14H2,1H3,(H,34,35). The Hall–Kier alpha value is -2.39. The summed E-state index contributed by atoms with van der Waals surface area (Å²) in [4.78, 5) is 17.1. The number of rotatable bonds is 11. The van der Waals surface area contributed by atoms with Crippen LogP contribution in [0.4, 0.5) is 8.78 Å². The fraction of sp³-hybridized carbons (Fsp3) is 0.423. The Kier molecular flexibility index (Phi) is 8.72. The summed E-state index contributed by atoms with van der Waals surface area (Å²) in [6.45, 7) is 3.53. The smallest absolute Gasteiger partial charge is 0.307 e. The number of nitrogens with zero attached hydrogens (tertiary/aromatic N) is 1. The Morgan fingerprint density at radius 2 is 2.11 bits per heavy atom. The Balaban J connectivity index is 1.72. The monoisotopic (exact) mass is 539 g/mol. The van der Waals surface area contributed by atoms with Crippen molar-refractivity contribution in [1.82, 2.24) is 15.2 Å². The van der Waals surface area contributed by atoms with E-state index in [0.717, 1.165) is 22.2 Å². The molecule has 0 radical (unpaired) electrons. The molecule has 2 aromatic carbocycles. The number of hydrogen-bond donors (Lipinski definition) is 3. The van der Waals surface area contributed by atoms with E-state index in [-0.39, 0.29) is 19.0 Å². The molecule has 0 saturated carbocycles. The molecule has 3 N–H and O–H groups in total. The first-order valence-electron chi connectivity index (χ1n) is 12.0. The van der Waals surface area contributed by atoms with Gasteiger partial charge in [0.2, 0.25) is 0 Å². The lowest BCUT2D eigenvalue weighted by Gasteiger charge is -2.38. The lowest BCUT2D eigenvalue weighted by atomic mass is 9.91. The van der Waals surface area contributed by atoms with Crippen LogP contribution >= 0.6 is 23.2 Å². The molecule has 3 aromatic rings. The van der Waals surface area contributed by atoms with Gasteiger partial charge in [-0.05, 0) is 55.3 Å². The number of ether oxygens (including phenoxy) is 1. The van der Waals surface area contributed by atoms with Gasteiger partial charge in [-0.2, -0.15) is 0 Å². The quantitative estimate of drug-likeness (QED) is 0.276. The fourth-order valence-electron chi connectivity index (χ4n) is 4.73. The average Bonchev–Trinajstić information content (AvgIpc) is 3.21. The van der Waals surface area contributed by atoms with Gasteiger partial charge in [-0.15, -0.1) is 0 Å². The molecule has 4 rings (SSSR count). The minimum atomic E-state index is -0.896. The molecule has 0 spiro atoms. The lowest BCUT2D eigenvalue weighted by molar-refractivity contribution is -0.141. The van der Waals surface area contributed by atoms with Gasteiger partial charge >= 0.3 is 5.97 Å². The van der Waals surface area contributed by atoms with Crippen LogP contribution in [0.25, 0.3) is 10.9 Å². The number of nitrogens with one attached hydrogen (secondary N) is 2. The van der Waals surface area contributed by atoms with E-state index in [2.05, 4.69) is 10.3 Å². The van der Waals surface area contributed by atoms with Crippen LogP contribution in [0.15, 0.2) is 30.3 Å². The van der Waals surface area contributed by atoms with Crippen molar-refractivity contribution in [3.05, 3.63) is 63.0 Å². The number of alkyl halides is 1. The Labute approximate surface area is 218 Å². The number of halogens is 4. The van der Waals surface area contributed by atoms with Gasteiger partial charge in [0.15, 0.2) is 0 Å². The summed E-state index contributed by atoms with van der Waals surface area (Å²) in [6.07, 6.45) is 1.06. The van der Waals surface area contributed by atoms with Crippen LogP contribution in [-0.4, -0.2) is 60.4 Å². The number of aromatic nitrogens is 1. The highest BCUT2D eigenvalue weighted by Gasteiger charge is 2.36. The van der Waals surface area contributed by atoms with Crippen LogP contribution in [-0.2, 0) is 11.2 Å². The van der Waals surface area contributed by atoms with Crippen molar-refractivity contribution in [3.63, 3.8) is 0 Å². The maximum atomic E-state index is 14.1. The van der Waals surface area contributed by atoms with Gasteiger partial charge in [0, 0.05) is 46.8 Å². The summed E-state index contributed by atoms with van der Waals surface area (Å²) >= 11 is 13.6. The topological polar surface area (TPSA) is 77.6 Å². The first-order valence-corrected chi connectivity index (χ1v) is 12.7. The van der Waals surface area contributed by atoms with Gasteiger partial charge in [-0.3, -0.25) is 14.1 Å². The second kappa shape index (κ2) is 11.8. The van der Waals surface area contributed by atoms with Crippen LogP contribution < -0.4 is 10.1 Å². The third-order valence-corrected chi connectivity index (χ3v) is 7.23. The summed E-state index contributed by atoms with van der Waals surface area (Å²) in [5.74, 6) is -1.39. The largest absolute Gasteiger partial charge is 0.491 e. The minimum Gasteiger partial charge on any atom is -0.491 e. The molecule has 1 aliphatic rings. The van der Waals surface area contributed by atoms with Crippen LogP contribution in [0, 0.1) is 11.7 Å². The van der Waals surface area contributed by atoms with E-state index in [1.54, 1.807) is 25.1 Å². The summed E-state index contributed by atoms with van der Waals surface area (Å²) in [6, 6.07) is 7.55. The van der Waals surface area contributed by atoms with Crippen molar-refractivity contribution in [2.75, 3.05) is 39.5 Å². The number of carboxylic acid groups (broad SMARTS) is 1. The van der Waals surface area contributed by atoms with E-state index in [4.69, 9.17) is 27.9 Å². The first-order chi connectivity index (χ1) is 17.3. The van der Waals surface area contributed by atoms with E-state index in [9.17, 15) is 18.7 Å². The summed E-state index contributed by atoms with van der Waals surface area (Å²) in [7, 11) is 0. The van der Waals surface area contributed by atoms with Gasteiger partial charge in [0.05, 0.1) is 23.7 Å². The third-order valence-electron chi connectivity index (χ3n) is 6.51. The van der Waals surface area contributed by atoms with Crippen molar-refractivity contribution < 1.29 is 23.4 Å². The van der Waals surface area contributed by atoms with Gasteiger partial charge in [-0.1, -0.05) is 30.1 Å². The molecular formula is C26H29Cl2F2N3O3. The molecule has 0 aliphatic carbocycles. The van der Waals surface area contributed by atoms with E-state index >= 15 is 0 Å². The van der Waals surface area contributed by atoms with Crippen LogP contribution in [0.2, 0.25) is 10.0 Å². The molecule has 194 valence electrons. The van der Waals surface area contributed by atoms with Crippen molar-refractivity contribution >= 4 is 40.1 Å². The average molecular weight is 540 g/mol. The number of carboxylic acids is 1. The van der Waals surface area contributed by atoms with Crippen molar-refractivity contribution in [3.8, 4) is 5.75 Å². The maximum absolute atomic E-state index is 14.1. The second-order valence-electron chi connectivity index (χ2n) is 9.01. The molecule has 1 aromatic heterocycles. The summed E-state index contributed by atoms with van der Waals surface area (Å²) in [5, 5.41) is 14.2. The molecule has 2 atom stereocenters. The van der Waals surface area contributed by atoms with E-state index in [1.165, 1.54) is 12.1 Å². The maximum Gasteiger partial charge on any atom is 0.307 e. The number of H-pyrrole nitrogens is 1. The molecule has 2 unspecified atom stereocenters. The molecule has 2 heterocycles. The molecule has 0 saturated heterocycles. The van der Waals surface area contributed by atoms with Crippen molar-refractivity contribution in [2.45, 2.75) is 25.8 Å². The normalized spacial score (nSPS) is 16.8. The number of fused-ring (bicyclic) bond motifs is 3. The lowest BCUT2D eigenvalue weighted by Crippen LogP contribution is -2.40. The van der Waals surface area contributed by atoms with Gasteiger partial charge in [0.25, 0.3) is 0 Å². The summed E-state index contributed by atoms with van der Waals surface area (Å²) < 4.78 is 32.2. The zero-order chi connectivity index (χ0) is 25.8. The molecule has 0 amide bonds. The Bertz CT molecular complexity index is 1240. The Morgan fingerprint density at radius 1 is 1.31 bits per heavy atom. The van der Waals surface area contributed by atoms with E-state index < -0.39 is 17.9 Å². The van der Waals surface area contributed by atoms with E-state index in [1.807, 2.05) is 4.90 Å². The SMILES string of the molecule is CC(CN1CCc2c([nH]c3ccc(F)cc23)C1c1c(Cl)ccc(OCCNCCCF)c1Cl)C(=O)O. The highest BCUT2D eigenvalue weighted by Crippen LogP contribution is 2.46. The van der Waals surface area contributed by atoms with Crippen molar-refractivity contribution in [1.29, 1.82) is 0 Å². The molecule has 36 heavy (non-hydrogen) atoms. The number of carbonyl (C=O) groups is 1. The highest BCUT2D eigenvalue weighted by molar-refractivity contribution is 6.37. The minimum absolute atomic E-state index is 0.277. The first kappa shape index (κ1) is 26.7. The highest BCUT2D eigenvalue weighted by atomic mass is 35.5. The zero-order valence-electron chi connectivity index (χ0n) is 19.9. The van der Waals surface area contributed by atoms with Gasteiger partial charge < -0.3 is 20.1 Å². The predicted octanol–water partition coefficient (Wildman–Crippen LogP) is 5.61. The van der Waals surface area contributed by atoms with Crippen LogP contribution in [0.5, 0.6) is 5.75 Å². The van der Waals surface area contributed by atoms with Crippen LogP contribution in [0.3, 0.4) is 0 Å². The van der Waals surface area contributed by atoms with Gasteiger partial charge in [0.1, 0.15) is 18.2 Å². The number of aliphatic carboxylic acids is 1. The third kappa shape index (κ3) is 5.62. The Morgan fingerprint density at radius 3 is 2.86 bits per heavy atom. The molecule has 10 heteroatoms. The predicted molar refractivity (Wildman–Crippen MR) is 138 cm³/mol. The van der Waals surface area contributed by atoms with Crippen LogP contribution in [0.1, 0.15) is 36.2 Å². The fourth-order valence-corrected chi connectivity index (χ4v) is 5.36. The van der Waals surface area contributed by atoms with E-state index in [0.29, 0.717) is 60.4 Å². The molecule has 6 nitrogen and oxygen atoms in total. The second-order valence-corrected chi connectivity index (χ2v) is 9.79. The molecule has 0 bridgehead atoms. The van der Waals surface area contributed by atoms with Crippen molar-refractivity contribution in [2.24, 2.45) is 5.92 Å². The number of benzene rings is 2. The number of aromatic amines is 1. The number of hydrogen-bond acceptors (Lipinski definition) is 4.